The zero-order chi connectivity index (χ0) is 12.3. The second kappa shape index (κ2) is 11.0. The van der Waals surface area contributed by atoms with Crippen LogP contribution in [0.15, 0.2) is 0 Å². The summed E-state index contributed by atoms with van der Waals surface area (Å²) in [5.74, 6) is -1.48. The lowest BCUT2D eigenvalue weighted by Gasteiger charge is -2.05. The van der Waals surface area contributed by atoms with Gasteiger partial charge in [-0.2, -0.15) is 0 Å². The minimum atomic E-state index is -0.711. The fourth-order valence-corrected chi connectivity index (χ4v) is 1.06. The van der Waals surface area contributed by atoms with Crippen molar-refractivity contribution in [3.05, 3.63) is 0 Å². The zero-order valence-electron chi connectivity index (χ0n) is 9.82. The van der Waals surface area contributed by atoms with E-state index in [0.29, 0.717) is 6.42 Å². The molecule has 0 aromatic heterocycles. The van der Waals surface area contributed by atoms with Crippen molar-refractivity contribution >= 4 is 11.9 Å². The fraction of sp³-hybridized carbons (Fsp3) is 0.818. The summed E-state index contributed by atoms with van der Waals surface area (Å²) in [6, 6.07) is 0. The van der Waals surface area contributed by atoms with Gasteiger partial charge in [0.1, 0.15) is 0 Å². The van der Waals surface area contributed by atoms with E-state index in [1.807, 2.05) is 20.8 Å². The standard InChI is InChI=1S/C7H14O2.C4H8O2/c1-3-5-6(4-2)7(8)9;1-2-3-4(5)6/h6H,3-5H2,1-2H3,(H,8,9);2-3H2,1H3,(H,5,6). The summed E-state index contributed by atoms with van der Waals surface area (Å²) in [4.78, 5) is 19.9. The molecule has 0 aromatic rings. The van der Waals surface area contributed by atoms with Crippen LogP contribution in [0.3, 0.4) is 0 Å². The molecular formula is C11H22O4. The molecule has 0 rings (SSSR count). The molecule has 0 spiro atoms. The van der Waals surface area contributed by atoms with Gasteiger partial charge in [-0.25, -0.2) is 0 Å². The number of rotatable bonds is 6. The summed E-state index contributed by atoms with van der Waals surface area (Å²) in [5.41, 5.74) is 0. The van der Waals surface area contributed by atoms with Crippen molar-refractivity contribution in [1.29, 1.82) is 0 Å². The molecule has 0 saturated heterocycles. The van der Waals surface area contributed by atoms with Crippen LogP contribution in [-0.4, -0.2) is 22.2 Å². The highest BCUT2D eigenvalue weighted by molar-refractivity contribution is 5.69. The monoisotopic (exact) mass is 218 g/mol. The van der Waals surface area contributed by atoms with Crippen LogP contribution in [0.25, 0.3) is 0 Å². The van der Waals surface area contributed by atoms with Gasteiger partial charge in [-0.3, -0.25) is 9.59 Å². The quantitative estimate of drug-likeness (QED) is 0.718. The van der Waals surface area contributed by atoms with E-state index in [-0.39, 0.29) is 5.92 Å². The number of carbonyl (C=O) groups is 2. The molecule has 15 heavy (non-hydrogen) atoms. The number of aliphatic carboxylic acids is 2. The number of hydrogen-bond donors (Lipinski definition) is 2. The fourth-order valence-electron chi connectivity index (χ4n) is 1.06. The molecule has 0 radical (unpaired) electrons. The average Bonchev–Trinajstić information content (AvgIpc) is 2.14. The third kappa shape index (κ3) is 12.9. The first-order chi connectivity index (χ1) is 6.99. The van der Waals surface area contributed by atoms with Gasteiger partial charge in [-0.15, -0.1) is 0 Å². The summed E-state index contributed by atoms with van der Waals surface area (Å²) in [7, 11) is 0. The maximum Gasteiger partial charge on any atom is 0.306 e. The SMILES string of the molecule is CCCC(=O)O.CCCC(CC)C(=O)O. The van der Waals surface area contributed by atoms with Gasteiger partial charge in [-0.05, 0) is 19.3 Å². The van der Waals surface area contributed by atoms with Crippen LogP contribution in [0, 0.1) is 5.92 Å². The Kier molecular flexibility index (Phi) is 12.0. The smallest absolute Gasteiger partial charge is 0.306 e. The number of hydrogen-bond acceptors (Lipinski definition) is 2. The van der Waals surface area contributed by atoms with E-state index in [2.05, 4.69) is 0 Å². The van der Waals surface area contributed by atoms with Gasteiger partial charge >= 0.3 is 11.9 Å². The Morgan fingerprint density at radius 3 is 1.67 bits per heavy atom. The van der Waals surface area contributed by atoms with Crippen LogP contribution in [0.5, 0.6) is 0 Å². The molecule has 0 aliphatic rings. The predicted octanol–water partition coefficient (Wildman–Crippen LogP) is 2.77. The van der Waals surface area contributed by atoms with Crippen molar-refractivity contribution in [2.45, 2.75) is 52.9 Å². The van der Waals surface area contributed by atoms with Crippen molar-refractivity contribution < 1.29 is 19.8 Å². The number of carboxylic acid groups (broad SMARTS) is 2. The van der Waals surface area contributed by atoms with Gasteiger partial charge in [0.05, 0.1) is 5.92 Å². The maximum absolute atomic E-state index is 10.3. The summed E-state index contributed by atoms with van der Waals surface area (Å²) < 4.78 is 0. The molecule has 0 aliphatic carbocycles. The molecule has 90 valence electrons. The molecule has 4 nitrogen and oxygen atoms in total. The average molecular weight is 218 g/mol. The molecule has 0 saturated carbocycles. The summed E-state index contributed by atoms with van der Waals surface area (Å²) >= 11 is 0. The summed E-state index contributed by atoms with van der Waals surface area (Å²) in [5, 5.41) is 16.4. The predicted molar refractivity (Wildman–Crippen MR) is 58.9 cm³/mol. The van der Waals surface area contributed by atoms with Crippen molar-refractivity contribution in [2.75, 3.05) is 0 Å². The van der Waals surface area contributed by atoms with Crippen LogP contribution in [-0.2, 0) is 9.59 Å². The van der Waals surface area contributed by atoms with Gasteiger partial charge in [0, 0.05) is 6.42 Å². The minimum absolute atomic E-state index is 0.116. The van der Waals surface area contributed by atoms with Crippen LogP contribution < -0.4 is 0 Å². The van der Waals surface area contributed by atoms with Gasteiger partial charge in [0.15, 0.2) is 0 Å². The van der Waals surface area contributed by atoms with E-state index in [0.717, 1.165) is 25.7 Å². The lowest BCUT2D eigenvalue weighted by molar-refractivity contribution is -0.142. The molecule has 2 N–H and O–H groups in total. The van der Waals surface area contributed by atoms with Crippen LogP contribution in [0.4, 0.5) is 0 Å². The topological polar surface area (TPSA) is 74.6 Å². The Morgan fingerprint density at radius 1 is 1.07 bits per heavy atom. The molecule has 0 fully saturated rings. The van der Waals surface area contributed by atoms with Crippen molar-refractivity contribution in [1.82, 2.24) is 0 Å². The summed E-state index contributed by atoms with van der Waals surface area (Å²) in [6.45, 7) is 5.76. The third-order valence-electron chi connectivity index (χ3n) is 1.94. The Hall–Kier alpha value is -1.06. The van der Waals surface area contributed by atoms with Gasteiger partial charge in [-0.1, -0.05) is 27.2 Å². The van der Waals surface area contributed by atoms with Crippen molar-refractivity contribution in [3.8, 4) is 0 Å². The Morgan fingerprint density at radius 2 is 1.60 bits per heavy atom. The maximum atomic E-state index is 10.3. The van der Waals surface area contributed by atoms with E-state index < -0.39 is 11.9 Å². The molecule has 0 aromatic carbocycles. The van der Waals surface area contributed by atoms with E-state index in [1.165, 1.54) is 0 Å². The van der Waals surface area contributed by atoms with Gasteiger partial charge in [0.25, 0.3) is 0 Å². The van der Waals surface area contributed by atoms with E-state index in [1.54, 1.807) is 0 Å². The molecule has 0 bridgehead atoms. The first-order valence-corrected chi connectivity index (χ1v) is 5.44. The lowest BCUT2D eigenvalue weighted by Crippen LogP contribution is -2.11. The Labute approximate surface area is 91.3 Å². The van der Waals surface area contributed by atoms with E-state index in [9.17, 15) is 9.59 Å². The molecule has 1 unspecified atom stereocenters. The van der Waals surface area contributed by atoms with Gasteiger partial charge < -0.3 is 10.2 Å². The molecular weight excluding hydrogens is 196 g/mol. The van der Waals surface area contributed by atoms with Crippen molar-refractivity contribution in [3.63, 3.8) is 0 Å². The molecule has 0 amide bonds. The first kappa shape index (κ1) is 16.4. The minimum Gasteiger partial charge on any atom is -0.481 e. The highest BCUT2D eigenvalue weighted by atomic mass is 16.4. The highest BCUT2D eigenvalue weighted by Gasteiger charge is 2.12. The second-order valence-corrected chi connectivity index (χ2v) is 3.38. The van der Waals surface area contributed by atoms with E-state index in [4.69, 9.17) is 10.2 Å². The highest BCUT2D eigenvalue weighted by Crippen LogP contribution is 2.09. The van der Waals surface area contributed by atoms with Crippen LogP contribution >= 0.6 is 0 Å². The Balaban J connectivity index is 0. The molecule has 0 aliphatic heterocycles. The van der Waals surface area contributed by atoms with Crippen LogP contribution in [0.2, 0.25) is 0 Å². The largest absolute Gasteiger partial charge is 0.481 e. The molecule has 4 heteroatoms. The lowest BCUT2D eigenvalue weighted by atomic mass is 10.0. The normalized spacial score (nSPS) is 11.1. The molecule has 1 atom stereocenters. The zero-order valence-corrected chi connectivity index (χ0v) is 9.82. The second-order valence-electron chi connectivity index (χ2n) is 3.38. The first-order valence-electron chi connectivity index (χ1n) is 5.44. The summed E-state index contributed by atoms with van der Waals surface area (Å²) in [6.07, 6.45) is 3.55. The van der Waals surface area contributed by atoms with Crippen molar-refractivity contribution in [2.24, 2.45) is 5.92 Å². The number of carboxylic acids is 2. The van der Waals surface area contributed by atoms with E-state index >= 15 is 0 Å². The van der Waals surface area contributed by atoms with Crippen LogP contribution in [0.1, 0.15) is 52.9 Å². The Bertz CT molecular complexity index is 177. The molecule has 0 heterocycles. The van der Waals surface area contributed by atoms with Gasteiger partial charge in [0.2, 0.25) is 0 Å². The third-order valence-corrected chi connectivity index (χ3v) is 1.94.